The maximum absolute atomic E-state index is 6.58. The number of rotatable bonds is 3. The van der Waals surface area contributed by atoms with Crippen molar-refractivity contribution in [2.75, 3.05) is 5.73 Å². The first-order chi connectivity index (χ1) is 13.7. The van der Waals surface area contributed by atoms with E-state index in [1.165, 1.54) is 0 Å². The van der Waals surface area contributed by atoms with Gasteiger partial charge in [0.1, 0.15) is 5.15 Å². The van der Waals surface area contributed by atoms with Crippen LogP contribution in [-0.2, 0) is 5.33 Å². The van der Waals surface area contributed by atoms with Gasteiger partial charge in [-0.2, -0.15) is 0 Å². The van der Waals surface area contributed by atoms with Crippen LogP contribution in [0.25, 0.3) is 22.9 Å². The maximum Gasteiger partial charge on any atom is 0.137 e. The molecule has 0 aliphatic carbocycles. The Bertz CT molecular complexity index is 1250. The average Bonchev–Trinajstić information content (AvgIpc) is 2.72. The van der Waals surface area contributed by atoms with Gasteiger partial charge in [0.15, 0.2) is 0 Å². The second-order valence-corrected chi connectivity index (χ2v) is 7.46. The molecule has 4 aromatic rings. The summed E-state index contributed by atoms with van der Waals surface area (Å²) in [5.74, 6) is 0. The predicted octanol–water partition coefficient (Wildman–Crippen LogP) is 5.02. The number of aromatic nitrogens is 1. The van der Waals surface area contributed by atoms with Gasteiger partial charge < -0.3 is 5.73 Å². The fourth-order valence-electron chi connectivity index (χ4n) is 3.22. The Labute approximate surface area is 177 Å². The third-order valence-electron chi connectivity index (χ3n) is 4.64. The first kappa shape index (κ1) is 18.7. The molecule has 138 valence electrons. The first-order valence-electron chi connectivity index (χ1n) is 8.93. The van der Waals surface area contributed by atoms with E-state index in [9.17, 15) is 0 Å². The molecule has 0 unspecified atom stereocenters. The van der Waals surface area contributed by atoms with E-state index in [0.29, 0.717) is 10.5 Å². The fourth-order valence-corrected chi connectivity index (χ4v) is 3.95. The van der Waals surface area contributed by atoms with Gasteiger partial charge in [0.25, 0.3) is 0 Å². The molecule has 2 N–H and O–H groups in total. The average molecular weight is 450 g/mol. The van der Waals surface area contributed by atoms with Crippen LogP contribution in [0.1, 0.15) is 16.7 Å². The van der Waals surface area contributed by atoms with Gasteiger partial charge in [-0.1, -0.05) is 88.2 Å². The van der Waals surface area contributed by atoms with Crippen molar-refractivity contribution >= 4 is 56.1 Å². The molecule has 0 atom stereocenters. The number of hydrogen-bond acceptors (Lipinski definition) is 2. The van der Waals surface area contributed by atoms with Crippen LogP contribution in [-0.4, -0.2) is 4.98 Å². The van der Waals surface area contributed by atoms with Crippen LogP contribution < -0.4 is 16.3 Å². The molecule has 0 fully saturated rings. The van der Waals surface area contributed by atoms with Crippen LogP contribution >= 0.6 is 27.5 Å². The number of nitrogens with zero attached hydrogens (tertiary/aromatic N) is 1. The number of nitrogens with two attached hydrogens (primary N) is 1. The first-order valence-corrected chi connectivity index (χ1v) is 10.4. The van der Waals surface area contributed by atoms with E-state index in [2.05, 4.69) is 40.2 Å². The van der Waals surface area contributed by atoms with Crippen LogP contribution in [0.3, 0.4) is 0 Å². The third-order valence-corrected chi connectivity index (χ3v) is 5.54. The molecule has 0 spiro atoms. The highest BCUT2D eigenvalue weighted by molar-refractivity contribution is 9.08. The molecule has 4 heteroatoms. The maximum atomic E-state index is 6.58. The van der Waals surface area contributed by atoms with Gasteiger partial charge in [-0.05, 0) is 46.4 Å². The number of alkyl halides is 1. The molecule has 0 radical (unpaired) electrons. The van der Waals surface area contributed by atoms with E-state index in [0.717, 1.165) is 43.7 Å². The Morgan fingerprint density at radius 2 is 1.46 bits per heavy atom. The van der Waals surface area contributed by atoms with Crippen LogP contribution in [0, 0.1) is 0 Å². The number of benzene rings is 3. The summed E-state index contributed by atoms with van der Waals surface area (Å²) in [5.41, 5.74) is 10.2. The summed E-state index contributed by atoms with van der Waals surface area (Å²) in [6.07, 6.45) is 4.18. The highest BCUT2D eigenvalue weighted by atomic mass is 79.9. The lowest BCUT2D eigenvalue weighted by atomic mass is 10.0. The molecule has 0 aliphatic rings. The van der Waals surface area contributed by atoms with Crippen LogP contribution in [0.4, 0.5) is 5.69 Å². The lowest BCUT2D eigenvalue weighted by Crippen LogP contribution is -2.30. The smallest absolute Gasteiger partial charge is 0.137 e. The molecule has 3 aromatic carbocycles. The summed E-state index contributed by atoms with van der Waals surface area (Å²) in [6.45, 7) is 0. The van der Waals surface area contributed by atoms with E-state index in [1.807, 2.05) is 60.7 Å². The Hall–Kier alpha value is -2.62. The van der Waals surface area contributed by atoms with E-state index in [1.54, 1.807) is 0 Å². The Morgan fingerprint density at radius 3 is 2.07 bits per heavy atom. The second kappa shape index (κ2) is 8.17. The van der Waals surface area contributed by atoms with Crippen LogP contribution in [0.5, 0.6) is 0 Å². The molecule has 0 bridgehead atoms. The lowest BCUT2D eigenvalue weighted by Gasteiger charge is -2.08. The number of fused-ring (bicyclic) bond motifs is 1. The van der Waals surface area contributed by atoms with Crippen molar-refractivity contribution in [3.63, 3.8) is 0 Å². The van der Waals surface area contributed by atoms with Crippen molar-refractivity contribution in [3.05, 3.63) is 105 Å². The standard InChI is InChI=1S/C24H18BrClN2/c25-15-18-13-21-19(14-22(18)27)20(11-16-7-3-1-4-8-16)23(28-24(21)26)12-17-9-5-2-6-10-17/h1-14H,15,27H2. The monoisotopic (exact) mass is 448 g/mol. The molecule has 0 aliphatic heterocycles. The van der Waals surface area contributed by atoms with Gasteiger partial charge in [0.2, 0.25) is 0 Å². The Balaban J connectivity index is 2.13. The minimum absolute atomic E-state index is 0.476. The number of pyridine rings is 1. The largest absolute Gasteiger partial charge is 0.398 e. The third kappa shape index (κ3) is 3.82. The summed E-state index contributed by atoms with van der Waals surface area (Å²) in [4.78, 5) is 4.72. The van der Waals surface area contributed by atoms with Crippen molar-refractivity contribution in [3.8, 4) is 0 Å². The van der Waals surface area contributed by atoms with E-state index in [4.69, 9.17) is 22.3 Å². The molecule has 2 nitrogen and oxygen atoms in total. The quantitative estimate of drug-likeness (QED) is 0.271. The van der Waals surface area contributed by atoms with Gasteiger partial charge in [-0.3, -0.25) is 0 Å². The van der Waals surface area contributed by atoms with Gasteiger partial charge in [0.05, 0.1) is 5.35 Å². The predicted molar refractivity (Wildman–Crippen MR) is 123 cm³/mol. The highest BCUT2D eigenvalue weighted by Gasteiger charge is 2.09. The number of nitrogen functional groups attached to an aromatic ring is 1. The topological polar surface area (TPSA) is 38.9 Å². The summed E-state index contributed by atoms with van der Waals surface area (Å²) >= 11 is 10.1. The van der Waals surface area contributed by atoms with E-state index in [-0.39, 0.29) is 0 Å². The SMILES string of the molecule is Nc1cc2c(=Cc3ccccc3)c(=Cc3ccccc3)nc(Cl)c2cc1CBr. The molecule has 0 amide bonds. The summed E-state index contributed by atoms with van der Waals surface area (Å²) in [7, 11) is 0. The van der Waals surface area contributed by atoms with Crippen molar-refractivity contribution in [2.45, 2.75) is 5.33 Å². The molecule has 4 rings (SSSR count). The highest BCUT2D eigenvalue weighted by Crippen LogP contribution is 2.25. The Morgan fingerprint density at radius 1 is 0.857 bits per heavy atom. The summed E-state index contributed by atoms with van der Waals surface area (Å²) < 4.78 is 0. The minimum Gasteiger partial charge on any atom is -0.398 e. The zero-order valence-electron chi connectivity index (χ0n) is 15.1. The van der Waals surface area contributed by atoms with Crippen molar-refractivity contribution in [2.24, 2.45) is 0 Å². The Kier molecular flexibility index (Phi) is 5.47. The second-order valence-electron chi connectivity index (χ2n) is 6.54. The van der Waals surface area contributed by atoms with Crippen molar-refractivity contribution < 1.29 is 0 Å². The summed E-state index contributed by atoms with van der Waals surface area (Å²) in [6, 6.07) is 24.3. The number of hydrogen-bond donors (Lipinski definition) is 1. The van der Waals surface area contributed by atoms with Gasteiger partial charge >= 0.3 is 0 Å². The molecular weight excluding hydrogens is 432 g/mol. The van der Waals surface area contributed by atoms with Crippen LogP contribution in [0.15, 0.2) is 72.8 Å². The zero-order valence-corrected chi connectivity index (χ0v) is 17.4. The summed E-state index contributed by atoms with van der Waals surface area (Å²) in [5, 5.41) is 4.86. The molecule has 0 saturated heterocycles. The van der Waals surface area contributed by atoms with E-state index >= 15 is 0 Å². The molecule has 28 heavy (non-hydrogen) atoms. The van der Waals surface area contributed by atoms with E-state index < -0.39 is 0 Å². The normalized spacial score (nSPS) is 12.6. The van der Waals surface area contributed by atoms with Crippen molar-refractivity contribution in [1.82, 2.24) is 4.98 Å². The fraction of sp³-hybridized carbons (Fsp3) is 0.0417. The lowest BCUT2D eigenvalue weighted by molar-refractivity contribution is 1.25. The number of anilines is 1. The van der Waals surface area contributed by atoms with Crippen molar-refractivity contribution in [1.29, 1.82) is 0 Å². The van der Waals surface area contributed by atoms with Gasteiger partial charge in [0, 0.05) is 21.6 Å². The van der Waals surface area contributed by atoms with Gasteiger partial charge in [-0.25, -0.2) is 4.98 Å². The molecule has 1 aromatic heterocycles. The molecule has 0 saturated carbocycles. The minimum atomic E-state index is 0.476. The number of halogens is 2. The molecular formula is C24H18BrClN2. The zero-order chi connectivity index (χ0) is 19.5. The molecule has 1 heterocycles. The van der Waals surface area contributed by atoms with Crippen LogP contribution in [0.2, 0.25) is 5.15 Å². The van der Waals surface area contributed by atoms with Gasteiger partial charge in [-0.15, -0.1) is 0 Å².